The van der Waals surface area contributed by atoms with Crippen LogP contribution in [0.1, 0.15) is 78.2 Å². The molecule has 8 heteroatoms. The first kappa shape index (κ1) is 35.2. The predicted molar refractivity (Wildman–Crippen MR) is 212 cm³/mol. The van der Waals surface area contributed by atoms with Gasteiger partial charge in [0.2, 0.25) is 0 Å². The summed E-state index contributed by atoms with van der Waals surface area (Å²) in [4.78, 5) is 33.8. The molecule has 0 radical (unpaired) electrons. The Kier molecular flexibility index (Phi) is 8.28. The topological polar surface area (TPSA) is 87.1 Å². The second-order valence-electron chi connectivity index (χ2n) is 17.2. The number of carbonyl (C=O) groups excluding carboxylic acids is 2. The summed E-state index contributed by atoms with van der Waals surface area (Å²) < 4.78 is 6.09. The van der Waals surface area contributed by atoms with E-state index in [1.165, 1.54) is 4.88 Å². The Bertz CT molecular complexity index is 2150. The summed E-state index contributed by atoms with van der Waals surface area (Å²) in [6, 6.07) is 21.8. The van der Waals surface area contributed by atoms with E-state index in [4.69, 9.17) is 4.74 Å². The standard InChI is InChI=1S/C45H49NO5S2/c1-29-10-13-36(53-29)39(48)35-27-43-21-22-45(35)37(41(43,2)18-14-32(47)26-43)15-19-42(3)38(45)16-20-44(42,50)28-46(23-17-34-9-6-24-52-34)40(49)51-33-12-11-30-7-4-5-8-31(30)25-33/h4-13,21-22,24-25,27,32,37-38,47,50H,14-20,23,26,28H2,1-3H3. The van der Waals surface area contributed by atoms with Crippen LogP contribution < -0.4 is 4.74 Å². The predicted octanol–water partition coefficient (Wildman–Crippen LogP) is 9.79. The van der Waals surface area contributed by atoms with Gasteiger partial charge in [0.15, 0.2) is 5.78 Å². The van der Waals surface area contributed by atoms with Crippen LogP contribution in [-0.4, -0.2) is 51.8 Å². The minimum Gasteiger partial charge on any atom is -0.410 e. The van der Waals surface area contributed by atoms with Gasteiger partial charge < -0.3 is 19.8 Å². The first-order valence-corrected chi connectivity index (χ1v) is 21.0. The van der Waals surface area contributed by atoms with E-state index in [9.17, 15) is 19.8 Å². The van der Waals surface area contributed by atoms with Crippen molar-refractivity contribution in [1.29, 1.82) is 0 Å². The largest absolute Gasteiger partial charge is 0.415 e. The molecule has 2 bridgehead atoms. The lowest BCUT2D eigenvalue weighted by Gasteiger charge is -2.71. The molecule has 2 N–H and O–H groups in total. The van der Waals surface area contributed by atoms with Crippen molar-refractivity contribution in [2.45, 2.75) is 83.8 Å². The van der Waals surface area contributed by atoms with Gasteiger partial charge in [-0.2, -0.15) is 0 Å². The van der Waals surface area contributed by atoms with Gasteiger partial charge in [0, 0.05) is 38.1 Å². The molecule has 2 aromatic heterocycles. The molecule has 3 fully saturated rings. The van der Waals surface area contributed by atoms with E-state index in [0.717, 1.165) is 58.2 Å². The number of Topliss-reactive ketones (excluding diaryl/α,β-unsaturated/α-hetero) is 1. The van der Waals surface area contributed by atoms with Gasteiger partial charge in [-0.1, -0.05) is 68.5 Å². The number of carbonyl (C=O) groups is 2. The molecule has 2 spiro atoms. The van der Waals surface area contributed by atoms with Gasteiger partial charge >= 0.3 is 6.09 Å². The molecule has 1 amide bonds. The van der Waals surface area contributed by atoms with Crippen molar-refractivity contribution < 1.29 is 24.5 Å². The van der Waals surface area contributed by atoms with E-state index in [0.29, 0.717) is 31.6 Å². The number of aliphatic hydroxyl groups excluding tert-OH is 1. The van der Waals surface area contributed by atoms with Crippen molar-refractivity contribution in [1.82, 2.24) is 4.90 Å². The maximum atomic E-state index is 14.8. The minimum atomic E-state index is -1.19. The molecule has 10 rings (SSSR count). The number of ether oxygens (including phenoxy) is 1. The van der Waals surface area contributed by atoms with E-state index in [2.05, 4.69) is 43.5 Å². The molecule has 276 valence electrons. The van der Waals surface area contributed by atoms with Crippen LogP contribution in [-0.2, 0) is 6.42 Å². The summed E-state index contributed by atoms with van der Waals surface area (Å²) in [7, 11) is 0. The Balaban J connectivity index is 1.08. The maximum absolute atomic E-state index is 14.8. The van der Waals surface area contributed by atoms with Gasteiger partial charge in [-0.05, 0) is 122 Å². The number of allylic oxidation sites excluding steroid dienone is 4. The lowest BCUT2D eigenvalue weighted by atomic mass is 9.32. The number of aryl methyl sites for hydroxylation is 1. The molecule has 53 heavy (non-hydrogen) atoms. The van der Waals surface area contributed by atoms with E-state index < -0.39 is 28.6 Å². The highest BCUT2D eigenvalue weighted by Gasteiger charge is 2.74. The number of benzene rings is 2. The van der Waals surface area contributed by atoms with Crippen molar-refractivity contribution >= 4 is 45.3 Å². The van der Waals surface area contributed by atoms with Crippen LogP contribution >= 0.6 is 22.7 Å². The summed E-state index contributed by atoms with van der Waals surface area (Å²) in [5.41, 5.74) is -1.91. The molecule has 0 saturated heterocycles. The highest BCUT2D eigenvalue weighted by atomic mass is 32.1. The second-order valence-corrected chi connectivity index (χ2v) is 19.5. The van der Waals surface area contributed by atoms with Gasteiger partial charge in [0.1, 0.15) is 5.75 Å². The number of rotatable bonds is 8. The molecular formula is C45H49NO5S2. The third kappa shape index (κ3) is 5.22. The number of hydrogen-bond donors (Lipinski definition) is 2. The average molecular weight is 748 g/mol. The van der Waals surface area contributed by atoms with E-state index >= 15 is 0 Å². The molecule has 8 atom stereocenters. The molecule has 6 nitrogen and oxygen atoms in total. The Morgan fingerprint density at radius 3 is 2.45 bits per heavy atom. The highest BCUT2D eigenvalue weighted by molar-refractivity contribution is 7.14. The lowest BCUT2D eigenvalue weighted by Crippen LogP contribution is -2.67. The fourth-order valence-electron chi connectivity index (χ4n) is 11.9. The molecule has 8 unspecified atom stereocenters. The third-order valence-electron chi connectivity index (χ3n) is 14.8. The first-order chi connectivity index (χ1) is 25.4. The zero-order chi connectivity index (χ0) is 36.8. The molecular weight excluding hydrogens is 699 g/mol. The molecule has 4 aromatic rings. The molecule has 2 heterocycles. The molecule has 2 aromatic carbocycles. The van der Waals surface area contributed by atoms with Crippen LogP contribution in [0.3, 0.4) is 0 Å². The third-order valence-corrected chi connectivity index (χ3v) is 16.7. The maximum Gasteiger partial charge on any atom is 0.415 e. The van der Waals surface area contributed by atoms with Crippen molar-refractivity contribution in [3.63, 3.8) is 0 Å². The summed E-state index contributed by atoms with van der Waals surface area (Å²) in [6.07, 6.45) is 12.1. The van der Waals surface area contributed by atoms with Gasteiger partial charge in [0.25, 0.3) is 0 Å². The van der Waals surface area contributed by atoms with Gasteiger partial charge in [0.05, 0.1) is 23.1 Å². The lowest BCUT2D eigenvalue weighted by molar-refractivity contribution is -0.175. The minimum absolute atomic E-state index is 0.00360. The fraction of sp³-hybridized carbons (Fsp3) is 0.467. The molecule has 6 aliphatic carbocycles. The Morgan fingerprint density at radius 1 is 0.906 bits per heavy atom. The number of aliphatic hydroxyl groups is 2. The quantitative estimate of drug-likeness (QED) is 0.139. The van der Waals surface area contributed by atoms with Crippen molar-refractivity contribution in [2.75, 3.05) is 13.1 Å². The van der Waals surface area contributed by atoms with Gasteiger partial charge in [-0.25, -0.2) is 4.79 Å². The zero-order valence-electron chi connectivity index (χ0n) is 30.8. The number of ketones is 1. The van der Waals surface area contributed by atoms with Gasteiger partial charge in [-0.3, -0.25) is 4.79 Å². The van der Waals surface area contributed by atoms with Crippen LogP contribution in [0.15, 0.2) is 95.9 Å². The highest BCUT2D eigenvalue weighted by Crippen LogP contribution is 2.78. The average Bonchev–Trinajstić information content (AvgIpc) is 3.89. The van der Waals surface area contributed by atoms with Crippen LogP contribution in [0.2, 0.25) is 0 Å². The van der Waals surface area contributed by atoms with E-state index in [-0.39, 0.29) is 35.0 Å². The summed E-state index contributed by atoms with van der Waals surface area (Å²) in [6.45, 7) is 7.27. The normalized spacial score (nSPS) is 35.3. The van der Waals surface area contributed by atoms with Gasteiger partial charge in [-0.15, -0.1) is 22.7 Å². The number of hydrogen-bond acceptors (Lipinski definition) is 7. The number of thiophene rings is 2. The summed E-state index contributed by atoms with van der Waals surface area (Å²) in [5.74, 6) is 0.794. The number of amides is 1. The van der Waals surface area contributed by atoms with Crippen molar-refractivity contribution in [3.05, 3.63) is 111 Å². The van der Waals surface area contributed by atoms with Crippen LogP contribution in [0, 0.1) is 40.4 Å². The molecule has 6 aliphatic rings. The van der Waals surface area contributed by atoms with Crippen LogP contribution in [0.5, 0.6) is 5.75 Å². The molecule has 3 saturated carbocycles. The van der Waals surface area contributed by atoms with Crippen LogP contribution in [0.4, 0.5) is 4.79 Å². The Morgan fingerprint density at radius 2 is 1.68 bits per heavy atom. The summed E-state index contributed by atoms with van der Waals surface area (Å²) >= 11 is 3.22. The van der Waals surface area contributed by atoms with Crippen LogP contribution in [0.25, 0.3) is 10.8 Å². The number of nitrogens with zero attached hydrogens (tertiary/aromatic N) is 1. The van der Waals surface area contributed by atoms with E-state index in [1.54, 1.807) is 27.6 Å². The fourth-order valence-corrected chi connectivity index (χ4v) is 13.5. The SMILES string of the molecule is Cc1ccc(C(=O)C2=CC34C=CC25C(CCC2(C)C5CCC2(O)CN(CCc2cccs2)C(=O)Oc2ccc5ccccc5c2)C3(C)CCC(O)C4)s1. The smallest absolute Gasteiger partial charge is 0.410 e. The molecule has 0 aliphatic heterocycles. The van der Waals surface area contributed by atoms with E-state index in [1.807, 2.05) is 67.6 Å². The Hall–Kier alpha value is -3.56. The van der Waals surface area contributed by atoms with Crippen molar-refractivity contribution in [3.8, 4) is 5.75 Å². The zero-order valence-corrected chi connectivity index (χ0v) is 32.5. The first-order valence-electron chi connectivity index (χ1n) is 19.3. The van der Waals surface area contributed by atoms with Crippen molar-refractivity contribution in [2.24, 2.45) is 33.5 Å². The Labute approximate surface area is 320 Å². The number of fused-ring (bicyclic) bond motifs is 2. The monoisotopic (exact) mass is 747 g/mol. The summed E-state index contributed by atoms with van der Waals surface area (Å²) in [5, 5.41) is 28.3. The second kappa shape index (κ2) is 12.5.